The zero-order chi connectivity index (χ0) is 15.3. The van der Waals surface area contributed by atoms with Crippen LogP contribution >= 0.6 is 0 Å². The van der Waals surface area contributed by atoms with Crippen molar-refractivity contribution in [3.63, 3.8) is 0 Å². The van der Waals surface area contributed by atoms with Crippen molar-refractivity contribution < 1.29 is 22.6 Å². The molecule has 0 spiro atoms. The molecule has 0 aromatic heterocycles. The molecule has 0 aliphatic rings. The van der Waals surface area contributed by atoms with Crippen LogP contribution < -0.4 is 14.8 Å². The van der Waals surface area contributed by atoms with E-state index in [-0.39, 0.29) is 5.75 Å². The average molecular weight is 297 g/mol. The topological polar surface area (TPSA) is 30.5 Å². The van der Waals surface area contributed by atoms with Gasteiger partial charge in [0.25, 0.3) is 0 Å². The van der Waals surface area contributed by atoms with Gasteiger partial charge in [0.05, 0.1) is 0 Å². The Balaban J connectivity index is 2.10. The fraction of sp³-hybridized carbons (Fsp3) is 0.200. The van der Waals surface area contributed by atoms with Gasteiger partial charge in [-0.25, -0.2) is 0 Å². The molecule has 0 fully saturated rings. The van der Waals surface area contributed by atoms with Gasteiger partial charge < -0.3 is 14.8 Å². The van der Waals surface area contributed by atoms with Gasteiger partial charge in [-0.3, -0.25) is 0 Å². The maximum absolute atomic E-state index is 12.1. The Morgan fingerprint density at radius 2 is 1.57 bits per heavy atom. The summed E-state index contributed by atoms with van der Waals surface area (Å²) in [7, 11) is 1.82. The van der Waals surface area contributed by atoms with Crippen molar-refractivity contribution in [2.75, 3.05) is 7.05 Å². The number of nitrogens with one attached hydrogen (secondary N) is 1. The molecule has 0 saturated carbocycles. The normalized spacial score (nSPS) is 11.2. The quantitative estimate of drug-likeness (QED) is 0.901. The summed E-state index contributed by atoms with van der Waals surface area (Å²) >= 11 is 0. The molecular weight excluding hydrogens is 283 g/mol. The summed E-state index contributed by atoms with van der Waals surface area (Å²) in [6.07, 6.45) is -4.69. The SMILES string of the molecule is CNCc1ccccc1Oc1ccc(OC(F)(F)F)cc1. The van der Waals surface area contributed by atoms with Crippen LogP contribution in [0, 0.1) is 0 Å². The van der Waals surface area contributed by atoms with E-state index in [2.05, 4.69) is 10.1 Å². The first-order valence-electron chi connectivity index (χ1n) is 6.24. The first-order valence-corrected chi connectivity index (χ1v) is 6.24. The van der Waals surface area contributed by atoms with E-state index in [4.69, 9.17) is 4.74 Å². The molecule has 0 radical (unpaired) electrons. The van der Waals surface area contributed by atoms with Gasteiger partial charge in [-0.15, -0.1) is 13.2 Å². The third-order valence-electron chi connectivity index (χ3n) is 2.62. The van der Waals surface area contributed by atoms with Crippen LogP contribution in [-0.2, 0) is 6.54 Å². The zero-order valence-electron chi connectivity index (χ0n) is 11.3. The smallest absolute Gasteiger partial charge is 0.457 e. The van der Waals surface area contributed by atoms with Crippen LogP contribution in [0.3, 0.4) is 0 Å². The van der Waals surface area contributed by atoms with Crippen LogP contribution in [0.1, 0.15) is 5.56 Å². The lowest BCUT2D eigenvalue weighted by Gasteiger charge is -2.12. The lowest BCUT2D eigenvalue weighted by Crippen LogP contribution is -2.16. The molecule has 21 heavy (non-hydrogen) atoms. The molecule has 2 aromatic rings. The van der Waals surface area contributed by atoms with Gasteiger partial charge in [-0.1, -0.05) is 18.2 Å². The van der Waals surface area contributed by atoms with Gasteiger partial charge in [0.2, 0.25) is 0 Å². The molecule has 0 atom stereocenters. The number of benzene rings is 2. The van der Waals surface area contributed by atoms with Gasteiger partial charge in [-0.05, 0) is 37.4 Å². The molecule has 0 unspecified atom stereocenters. The molecule has 1 N–H and O–H groups in total. The predicted molar refractivity (Wildman–Crippen MR) is 72.4 cm³/mol. The Kier molecular flexibility index (Phi) is 4.70. The van der Waals surface area contributed by atoms with E-state index in [0.29, 0.717) is 18.0 Å². The van der Waals surface area contributed by atoms with Gasteiger partial charge in [0.15, 0.2) is 0 Å². The van der Waals surface area contributed by atoms with Crippen LogP contribution in [0.25, 0.3) is 0 Å². The van der Waals surface area contributed by atoms with Crippen LogP contribution in [0.4, 0.5) is 13.2 Å². The van der Waals surface area contributed by atoms with Crippen molar-refractivity contribution in [1.82, 2.24) is 5.32 Å². The second-order valence-electron chi connectivity index (χ2n) is 4.26. The molecular formula is C15H14F3NO2. The van der Waals surface area contributed by atoms with E-state index in [1.165, 1.54) is 24.3 Å². The summed E-state index contributed by atoms with van der Waals surface area (Å²) in [4.78, 5) is 0. The van der Waals surface area contributed by atoms with Crippen molar-refractivity contribution in [1.29, 1.82) is 0 Å². The molecule has 0 aliphatic carbocycles. The second-order valence-corrected chi connectivity index (χ2v) is 4.26. The summed E-state index contributed by atoms with van der Waals surface area (Å²) < 4.78 is 45.7. The van der Waals surface area contributed by atoms with E-state index in [1.54, 1.807) is 6.07 Å². The summed E-state index contributed by atoms with van der Waals surface area (Å²) in [6, 6.07) is 12.7. The van der Waals surface area contributed by atoms with Crippen molar-refractivity contribution in [2.45, 2.75) is 12.9 Å². The molecule has 0 heterocycles. The highest BCUT2D eigenvalue weighted by atomic mass is 19.4. The average Bonchev–Trinajstić information content (AvgIpc) is 2.42. The van der Waals surface area contributed by atoms with E-state index in [0.717, 1.165) is 5.56 Å². The minimum absolute atomic E-state index is 0.279. The highest BCUT2D eigenvalue weighted by molar-refractivity contribution is 5.39. The van der Waals surface area contributed by atoms with Crippen LogP contribution in [-0.4, -0.2) is 13.4 Å². The molecule has 2 rings (SSSR count). The highest BCUT2D eigenvalue weighted by Crippen LogP contribution is 2.28. The zero-order valence-corrected chi connectivity index (χ0v) is 11.3. The molecule has 0 aliphatic heterocycles. The standard InChI is InChI=1S/C15H14F3NO2/c1-19-10-11-4-2-3-5-14(11)20-12-6-8-13(9-7-12)21-15(16,17)18/h2-9,19H,10H2,1H3. The van der Waals surface area contributed by atoms with E-state index >= 15 is 0 Å². The lowest BCUT2D eigenvalue weighted by molar-refractivity contribution is -0.274. The number of halogens is 3. The number of hydrogen-bond donors (Lipinski definition) is 1. The summed E-state index contributed by atoms with van der Waals surface area (Å²) in [5.74, 6) is 0.808. The molecule has 3 nitrogen and oxygen atoms in total. The Morgan fingerprint density at radius 1 is 0.952 bits per heavy atom. The van der Waals surface area contributed by atoms with Crippen LogP contribution in [0.15, 0.2) is 48.5 Å². The minimum atomic E-state index is -4.69. The molecule has 0 saturated heterocycles. The molecule has 0 bridgehead atoms. The van der Waals surface area contributed by atoms with Crippen molar-refractivity contribution in [3.8, 4) is 17.2 Å². The van der Waals surface area contributed by atoms with Crippen LogP contribution in [0.5, 0.6) is 17.2 Å². The maximum Gasteiger partial charge on any atom is 0.573 e. The third-order valence-corrected chi connectivity index (χ3v) is 2.62. The fourth-order valence-electron chi connectivity index (χ4n) is 1.78. The van der Waals surface area contributed by atoms with Crippen molar-refractivity contribution in [2.24, 2.45) is 0 Å². The molecule has 6 heteroatoms. The maximum atomic E-state index is 12.1. The molecule has 0 amide bonds. The van der Waals surface area contributed by atoms with Gasteiger partial charge >= 0.3 is 6.36 Å². The number of rotatable bonds is 5. The Bertz CT molecular complexity index is 582. The summed E-state index contributed by atoms with van der Waals surface area (Å²) in [5, 5.41) is 3.02. The fourth-order valence-corrected chi connectivity index (χ4v) is 1.78. The largest absolute Gasteiger partial charge is 0.573 e. The number of ether oxygens (including phenoxy) is 2. The predicted octanol–water partition coefficient (Wildman–Crippen LogP) is 4.10. The Morgan fingerprint density at radius 3 is 2.19 bits per heavy atom. The Hall–Kier alpha value is -2.21. The van der Waals surface area contributed by atoms with Crippen molar-refractivity contribution in [3.05, 3.63) is 54.1 Å². The van der Waals surface area contributed by atoms with Crippen molar-refractivity contribution >= 4 is 0 Å². The molecule has 112 valence electrons. The lowest BCUT2D eigenvalue weighted by atomic mass is 10.2. The monoisotopic (exact) mass is 297 g/mol. The first kappa shape index (κ1) is 15.2. The minimum Gasteiger partial charge on any atom is -0.457 e. The Labute approximate surface area is 120 Å². The van der Waals surface area contributed by atoms with Gasteiger partial charge in [-0.2, -0.15) is 0 Å². The van der Waals surface area contributed by atoms with E-state index in [9.17, 15) is 13.2 Å². The number of alkyl halides is 3. The third kappa shape index (κ3) is 4.68. The van der Waals surface area contributed by atoms with E-state index in [1.807, 2.05) is 25.2 Å². The second kappa shape index (κ2) is 6.49. The van der Waals surface area contributed by atoms with E-state index < -0.39 is 6.36 Å². The number of para-hydroxylation sites is 1. The van der Waals surface area contributed by atoms with Crippen LogP contribution in [0.2, 0.25) is 0 Å². The molecule has 2 aromatic carbocycles. The summed E-state index contributed by atoms with van der Waals surface area (Å²) in [6.45, 7) is 0.630. The summed E-state index contributed by atoms with van der Waals surface area (Å²) in [5.41, 5.74) is 0.954. The number of hydrogen-bond acceptors (Lipinski definition) is 3. The van der Waals surface area contributed by atoms with Gasteiger partial charge in [0, 0.05) is 12.1 Å². The first-order chi connectivity index (χ1) is 9.98. The van der Waals surface area contributed by atoms with Gasteiger partial charge in [0.1, 0.15) is 17.2 Å². The highest BCUT2D eigenvalue weighted by Gasteiger charge is 2.30.